The Morgan fingerprint density at radius 2 is 2.12 bits per heavy atom. The zero-order valence-electron chi connectivity index (χ0n) is 17.4. The second-order valence-corrected chi connectivity index (χ2v) is 8.54. The summed E-state index contributed by atoms with van der Waals surface area (Å²) < 4.78 is 7.03. The van der Waals surface area contributed by atoms with Crippen molar-refractivity contribution in [3.8, 4) is 10.6 Å². The van der Waals surface area contributed by atoms with Crippen molar-refractivity contribution in [1.82, 2.24) is 20.1 Å². The van der Waals surface area contributed by atoms with Gasteiger partial charge in [0, 0.05) is 35.8 Å². The van der Waals surface area contributed by atoms with E-state index in [9.17, 15) is 19.7 Å². The van der Waals surface area contributed by atoms with Crippen LogP contribution in [0.2, 0.25) is 5.02 Å². The number of hydrogen-bond donors (Lipinski definition) is 1. The van der Waals surface area contributed by atoms with Crippen molar-refractivity contribution < 1.29 is 19.2 Å². The van der Waals surface area contributed by atoms with Gasteiger partial charge in [0.15, 0.2) is 0 Å². The first kappa shape index (κ1) is 23.4. The van der Waals surface area contributed by atoms with Crippen LogP contribution in [0.3, 0.4) is 0 Å². The van der Waals surface area contributed by atoms with Crippen LogP contribution in [0.1, 0.15) is 29.9 Å². The first-order chi connectivity index (χ1) is 15.2. The maximum atomic E-state index is 12.6. The molecule has 0 fully saturated rings. The van der Waals surface area contributed by atoms with Crippen molar-refractivity contribution in [2.45, 2.75) is 26.5 Å². The van der Waals surface area contributed by atoms with Gasteiger partial charge < -0.3 is 10.1 Å². The number of amides is 1. The van der Waals surface area contributed by atoms with E-state index in [1.807, 2.05) is 13.2 Å². The van der Waals surface area contributed by atoms with Crippen molar-refractivity contribution in [3.05, 3.63) is 62.4 Å². The van der Waals surface area contributed by atoms with Gasteiger partial charge in [-0.15, -0.1) is 11.3 Å². The number of nitro benzene ring substituents is 1. The number of carbonyl (C=O) groups is 2. The summed E-state index contributed by atoms with van der Waals surface area (Å²) in [6.45, 7) is 3.45. The van der Waals surface area contributed by atoms with Gasteiger partial charge in [-0.1, -0.05) is 25.4 Å². The maximum absolute atomic E-state index is 12.6. The number of nitrogens with one attached hydrogen (secondary N) is 1. The zero-order chi connectivity index (χ0) is 23.4. The molecular formula is C20H20ClN5O5S. The van der Waals surface area contributed by atoms with Gasteiger partial charge in [0.1, 0.15) is 22.7 Å². The number of aromatic nitrogens is 3. The maximum Gasteiger partial charge on any atom is 0.329 e. The molecule has 0 aliphatic carbocycles. The second kappa shape index (κ2) is 9.88. The van der Waals surface area contributed by atoms with Crippen molar-refractivity contribution in [2.24, 2.45) is 13.0 Å². The van der Waals surface area contributed by atoms with Crippen molar-refractivity contribution in [3.63, 3.8) is 0 Å². The van der Waals surface area contributed by atoms with Crippen LogP contribution < -0.4 is 5.32 Å². The molecule has 3 rings (SSSR count). The number of nitrogens with zero attached hydrogens (tertiary/aromatic N) is 4. The highest BCUT2D eigenvalue weighted by atomic mass is 35.5. The first-order valence-electron chi connectivity index (χ1n) is 9.50. The molecule has 2 heterocycles. The van der Waals surface area contributed by atoms with Crippen LogP contribution >= 0.6 is 22.9 Å². The number of rotatable bonds is 8. The van der Waals surface area contributed by atoms with Crippen LogP contribution in [0.15, 0.2) is 36.0 Å². The lowest BCUT2D eigenvalue weighted by Crippen LogP contribution is -2.45. The van der Waals surface area contributed by atoms with E-state index >= 15 is 0 Å². The molecule has 0 radical (unpaired) electrons. The lowest BCUT2D eigenvalue weighted by molar-refractivity contribution is -0.384. The number of halogens is 1. The molecule has 0 saturated carbocycles. The molecule has 0 saturated heterocycles. The monoisotopic (exact) mass is 477 g/mol. The molecule has 1 aromatic carbocycles. The molecule has 12 heteroatoms. The smallest absolute Gasteiger partial charge is 0.329 e. The van der Waals surface area contributed by atoms with Crippen LogP contribution in [-0.4, -0.2) is 37.6 Å². The quantitative estimate of drug-likeness (QED) is 0.298. The lowest BCUT2D eigenvalue weighted by atomic mass is 10.0. The third-order valence-electron chi connectivity index (χ3n) is 4.48. The summed E-state index contributed by atoms with van der Waals surface area (Å²) >= 11 is 7.19. The number of carbonyl (C=O) groups excluding carboxylic acids is 2. The highest BCUT2D eigenvalue weighted by Gasteiger charge is 2.27. The van der Waals surface area contributed by atoms with E-state index < -0.39 is 28.5 Å². The average molecular weight is 478 g/mol. The number of nitro groups is 1. The Labute approximate surface area is 192 Å². The molecule has 0 aliphatic rings. The molecule has 2 aromatic heterocycles. The zero-order valence-corrected chi connectivity index (χ0v) is 19.0. The molecule has 0 bridgehead atoms. The molecule has 1 amide bonds. The predicted molar refractivity (Wildman–Crippen MR) is 118 cm³/mol. The van der Waals surface area contributed by atoms with Gasteiger partial charge in [-0.3, -0.25) is 19.6 Å². The second-order valence-electron chi connectivity index (χ2n) is 7.27. The molecule has 3 aromatic rings. The number of hydrogen-bond acceptors (Lipinski definition) is 8. The van der Waals surface area contributed by atoms with Gasteiger partial charge in [0.25, 0.3) is 11.6 Å². The van der Waals surface area contributed by atoms with E-state index in [-0.39, 0.29) is 23.1 Å². The fraction of sp³-hybridized carbons (Fsp3) is 0.300. The molecule has 168 valence electrons. The minimum atomic E-state index is -0.950. The van der Waals surface area contributed by atoms with Gasteiger partial charge in [0.05, 0.1) is 16.8 Å². The molecular weight excluding hydrogens is 458 g/mol. The van der Waals surface area contributed by atoms with Crippen molar-refractivity contribution in [1.29, 1.82) is 0 Å². The number of aryl methyl sites for hydroxylation is 1. The third kappa shape index (κ3) is 5.48. The summed E-state index contributed by atoms with van der Waals surface area (Å²) in [6, 6.07) is 2.73. The fourth-order valence-electron chi connectivity index (χ4n) is 2.79. The normalized spacial score (nSPS) is 11.9. The van der Waals surface area contributed by atoms with Gasteiger partial charge in [0.2, 0.25) is 0 Å². The van der Waals surface area contributed by atoms with Crippen LogP contribution in [0, 0.1) is 16.0 Å². The summed E-state index contributed by atoms with van der Waals surface area (Å²) in [7, 11) is 1.81. The fourth-order valence-corrected chi connectivity index (χ4v) is 3.75. The van der Waals surface area contributed by atoms with Crippen LogP contribution in [0.25, 0.3) is 10.6 Å². The number of ether oxygens (including phenoxy) is 1. The van der Waals surface area contributed by atoms with Gasteiger partial charge >= 0.3 is 5.97 Å². The first-order valence-corrected chi connectivity index (χ1v) is 10.8. The molecule has 1 atom stereocenters. The Hall–Kier alpha value is -3.31. The van der Waals surface area contributed by atoms with E-state index in [2.05, 4.69) is 15.4 Å². The Bertz CT molecular complexity index is 1160. The Balaban J connectivity index is 1.65. The van der Waals surface area contributed by atoms with Crippen LogP contribution in [0.5, 0.6) is 0 Å². The van der Waals surface area contributed by atoms with Crippen LogP contribution in [0.4, 0.5) is 5.69 Å². The van der Waals surface area contributed by atoms with Crippen molar-refractivity contribution >= 4 is 40.5 Å². The minimum absolute atomic E-state index is 0.0140. The molecule has 32 heavy (non-hydrogen) atoms. The minimum Gasteiger partial charge on any atom is -0.458 e. The topological polar surface area (TPSA) is 129 Å². The molecule has 10 nitrogen and oxygen atoms in total. The van der Waals surface area contributed by atoms with E-state index in [1.54, 1.807) is 30.1 Å². The van der Waals surface area contributed by atoms with Crippen molar-refractivity contribution in [2.75, 3.05) is 0 Å². The number of thiazole rings is 1. The van der Waals surface area contributed by atoms with Gasteiger partial charge in [-0.25, -0.2) is 9.78 Å². The SMILES string of the molecule is CC(C)[C@H](NC(=O)c1ccc(Cl)c([N+](=O)[O-])c1)C(=O)OCc1csc(-c2cnn(C)c2)n1. The summed E-state index contributed by atoms with van der Waals surface area (Å²) in [6.07, 6.45) is 3.53. The third-order valence-corrected chi connectivity index (χ3v) is 5.74. The van der Waals surface area contributed by atoms with E-state index in [0.29, 0.717) is 5.69 Å². The van der Waals surface area contributed by atoms with E-state index in [0.717, 1.165) is 16.6 Å². The lowest BCUT2D eigenvalue weighted by Gasteiger charge is -2.20. The van der Waals surface area contributed by atoms with Gasteiger partial charge in [-0.2, -0.15) is 5.10 Å². The predicted octanol–water partition coefficient (Wildman–Crippen LogP) is 3.60. The Kier molecular flexibility index (Phi) is 7.21. The molecule has 1 N–H and O–H groups in total. The number of benzene rings is 1. The standard InChI is InChI=1S/C20H20ClN5O5S/c1-11(2)17(24-18(27)12-4-5-15(21)16(6-12)26(29)30)20(28)31-9-14-10-32-19(23-14)13-7-22-25(3)8-13/h4-8,10-11,17H,9H2,1-3H3,(H,24,27)/t17-/m0/s1. The summed E-state index contributed by atoms with van der Waals surface area (Å²) in [5.41, 5.74) is 1.06. The summed E-state index contributed by atoms with van der Waals surface area (Å²) in [5.74, 6) is -1.56. The van der Waals surface area contributed by atoms with E-state index in [1.165, 1.54) is 23.5 Å². The highest BCUT2D eigenvalue weighted by Crippen LogP contribution is 2.25. The summed E-state index contributed by atoms with van der Waals surface area (Å²) in [4.78, 5) is 40.0. The molecule has 0 spiro atoms. The number of esters is 1. The molecule has 0 aliphatic heterocycles. The highest BCUT2D eigenvalue weighted by molar-refractivity contribution is 7.13. The average Bonchev–Trinajstić information content (AvgIpc) is 3.38. The van der Waals surface area contributed by atoms with E-state index in [4.69, 9.17) is 16.3 Å². The largest absolute Gasteiger partial charge is 0.458 e. The van der Waals surface area contributed by atoms with Gasteiger partial charge in [-0.05, 0) is 18.1 Å². The Morgan fingerprint density at radius 3 is 2.75 bits per heavy atom. The Morgan fingerprint density at radius 1 is 1.38 bits per heavy atom. The van der Waals surface area contributed by atoms with Crippen LogP contribution in [-0.2, 0) is 23.2 Å². The summed E-state index contributed by atoms with van der Waals surface area (Å²) in [5, 5.41) is 20.2. The molecule has 0 unspecified atom stereocenters.